The fraction of sp³-hybridized carbons (Fsp3) is 0.538. The van der Waals surface area contributed by atoms with Crippen LogP contribution in [0.2, 0.25) is 5.02 Å². The van der Waals surface area contributed by atoms with Gasteiger partial charge in [-0.05, 0) is 37.1 Å². The van der Waals surface area contributed by atoms with Gasteiger partial charge in [0.05, 0.1) is 5.54 Å². The Morgan fingerprint density at radius 1 is 1.12 bits per heavy atom. The van der Waals surface area contributed by atoms with Crippen LogP contribution in [0.3, 0.4) is 0 Å². The largest absolute Gasteiger partial charge is 0.492 e. The zero-order valence-corrected chi connectivity index (χ0v) is 10.2. The van der Waals surface area contributed by atoms with Crippen LogP contribution in [0.4, 0.5) is 0 Å². The van der Waals surface area contributed by atoms with Crippen LogP contribution in [0.15, 0.2) is 24.3 Å². The van der Waals surface area contributed by atoms with Crippen molar-refractivity contribution in [3.05, 3.63) is 29.3 Å². The molecule has 1 aromatic rings. The molecule has 0 bridgehead atoms. The molecule has 1 aliphatic rings. The van der Waals surface area contributed by atoms with Crippen LogP contribution in [0.25, 0.3) is 0 Å². The molecule has 1 aliphatic carbocycles. The second kappa shape index (κ2) is 5.07. The first-order valence-corrected chi connectivity index (χ1v) is 6.23. The highest BCUT2D eigenvalue weighted by atomic mass is 35.5. The van der Waals surface area contributed by atoms with Crippen molar-refractivity contribution in [1.29, 1.82) is 0 Å². The van der Waals surface area contributed by atoms with E-state index in [4.69, 9.17) is 22.1 Å². The minimum absolute atomic E-state index is 0.127. The van der Waals surface area contributed by atoms with Gasteiger partial charge in [0.1, 0.15) is 12.4 Å². The molecule has 1 saturated carbocycles. The van der Waals surface area contributed by atoms with Crippen LogP contribution in [0.5, 0.6) is 5.75 Å². The number of nitrogens with two attached hydrogens (primary N) is 1. The van der Waals surface area contributed by atoms with Crippen molar-refractivity contribution < 1.29 is 4.74 Å². The average Bonchev–Trinajstić information content (AvgIpc) is 2.29. The molecule has 0 heterocycles. The Labute approximate surface area is 102 Å². The standard InChI is InChI=1S/C13H18ClNO/c14-11-4-6-12(7-5-11)16-10-13(15)8-2-1-3-9-13/h4-7H,1-3,8-10,15H2. The summed E-state index contributed by atoms with van der Waals surface area (Å²) in [5, 5.41) is 0.729. The minimum atomic E-state index is -0.127. The zero-order chi connectivity index (χ0) is 11.4. The summed E-state index contributed by atoms with van der Waals surface area (Å²) < 4.78 is 5.72. The van der Waals surface area contributed by atoms with Gasteiger partial charge in [-0.2, -0.15) is 0 Å². The van der Waals surface area contributed by atoms with Crippen LogP contribution in [-0.4, -0.2) is 12.1 Å². The predicted molar refractivity (Wildman–Crippen MR) is 67.0 cm³/mol. The summed E-state index contributed by atoms with van der Waals surface area (Å²) in [6.07, 6.45) is 5.89. The molecule has 88 valence electrons. The molecule has 0 aromatic heterocycles. The van der Waals surface area contributed by atoms with E-state index in [0.29, 0.717) is 6.61 Å². The Kier molecular flexibility index (Phi) is 3.72. The van der Waals surface area contributed by atoms with Crippen molar-refractivity contribution in [2.75, 3.05) is 6.61 Å². The van der Waals surface area contributed by atoms with Gasteiger partial charge in [0, 0.05) is 5.02 Å². The Bertz CT molecular complexity index is 330. The van der Waals surface area contributed by atoms with E-state index >= 15 is 0 Å². The molecule has 0 radical (unpaired) electrons. The number of hydrogen-bond donors (Lipinski definition) is 1. The van der Waals surface area contributed by atoms with E-state index in [1.165, 1.54) is 19.3 Å². The quantitative estimate of drug-likeness (QED) is 0.878. The molecule has 0 saturated heterocycles. The van der Waals surface area contributed by atoms with E-state index in [2.05, 4.69) is 0 Å². The lowest BCUT2D eigenvalue weighted by Crippen LogP contribution is -2.47. The van der Waals surface area contributed by atoms with Gasteiger partial charge in [-0.15, -0.1) is 0 Å². The van der Waals surface area contributed by atoms with E-state index in [0.717, 1.165) is 23.6 Å². The summed E-state index contributed by atoms with van der Waals surface area (Å²) in [4.78, 5) is 0. The molecule has 0 unspecified atom stereocenters. The van der Waals surface area contributed by atoms with Crippen molar-refractivity contribution in [3.8, 4) is 5.75 Å². The van der Waals surface area contributed by atoms with E-state index in [1.54, 1.807) is 0 Å². The minimum Gasteiger partial charge on any atom is -0.492 e. The number of hydrogen-bond acceptors (Lipinski definition) is 2. The number of halogens is 1. The van der Waals surface area contributed by atoms with E-state index in [9.17, 15) is 0 Å². The Morgan fingerprint density at radius 3 is 2.38 bits per heavy atom. The van der Waals surface area contributed by atoms with Crippen LogP contribution in [0.1, 0.15) is 32.1 Å². The van der Waals surface area contributed by atoms with Gasteiger partial charge in [-0.3, -0.25) is 0 Å². The Balaban J connectivity index is 1.88. The van der Waals surface area contributed by atoms with Crippen molar-refractivity contribution in [2.24, 2.45) is 5.73 Å². The molecule has 1 aromatic carbocycles. The summed E-state index contributed by atoms with van der Waals surface area (Å²) in [6, 6.07) is 7.44. The Hall–Kier alpha value is -0.730. The second-order valence-corrected chi connectivity index (χ2v) is 5.10. The molecule has 2 N–H and O–H groups in total. The fourth-order valence-electron chi connectivity index (χ4n) is 2.16. The van der Waals surface area contributed by atoms with Crippen molar-refractivity contribution in [1.82, 2.24) is 0 Å². The lowest BCUT2D eigenvalue weighted by molar-refractivity contribution is 0.174. The van der Waals surface area contributed by atoms with Crippen molar-refractivity contribution >= 4 is 11.6 Å². The predicted octanol–water partition coefficient (Wildman–Crippen LogP) is 3.38. The first-order valence-electron chi connectivity index (χ1n) is 5.85. The van der Waals surface area contributed by atoms with Crippen molar-refractivity contribution in [3.63, 3.8) is 0 Å². The maximum absolute atomic E-state index is 6.29. The number of rotatable bonds is 3. The second-order valence-electron chi connectivity index (χ2n) is 4.67. The number of ether oxygens (including phenoxy) is 1. The number of benzene rings is 1. The van der Waals surface area contributed by atoms with Crippen molar-refractivity contribution in [2.45, 2.75) is 37.6 Å². The first kappa shape index (κ1) is 11.7. The van der Waals surface area contributed by atoms with Gasteiger partial charge in [0.25, 0.3) is 0 Å². The molecule has 2 rings (SSSR count). The maximum Gasteiger partial charge on any atom is 0.119 e. The molecule has 0 amide bonds. The monoisotopic (exact) mass is 239 g/mol. The van der Waals surface area contributed by atoms with E-state index < -0.39 is 0 Å². The highest BCUT2D eigenvalue weighted by Gasteiger charge is 2.28. The highest BCUT2D eigenvalue weighted by Crippen LogP contribution is 2.27. The highest BCUT2D eigenvalue weighted by molar-refractivity contribution is 6.30. The van der Waals surface area contributed by atoms with Gasteiger partial charge in [0.2, 0.25) is 0 Å². The maximum atomic E-state index is 6.29. The molecule has 0 aliphatic heterocycles. The molecule has 0 spiro atoms. The lowest BCUT2D eigenvalue weighted by Gasteiger charge is -2.33. The van der Waals surface area contributed by atoms with Gasteiger partial charge in [-0.1, -0.05) is 30.9 Å². The van der Waals surface area contributed by atoms with Crippen LogP contribution >= 0.6 is 11.6 Å². The summed E-state index contributed by atoms with van der Waals surface area (Å²) in [5.41, 5.74) is 6.16. The van der Waals surface area contributed by atoms with E-state index in [-0.39, 0.29) is 5.54 Å². The summed E-state index contributed by atoms with van der Waals surface area (Å²) in [5.74, 6) is 0.847. The van der Waals surface area contributed by atoms with Gasteiger partial charge in [0.15, 0.2) is 0 Å². The normalized spacial score (nSPS) is 19.4. The molecule has 3 heteroatoms. The summed E-state index contributed by atoms with van der Waals surface area (Å²) >= 11 is 5.81. The molecule has 2 nitrogen and oxygen atoms in total. The lowest BCUT2D eigenvalue weighted by atomic mass is 9.83. The van der Waals surface area contributed by atoms with Crippen LogP contribution in [0, 0.1) is 0 Å². The average molecular weight is 240 g/mol. The third-order valence-corrected chi connectivity index (χ3v) is 3.44. The topological polar surface area (TPSA) is 35.2 Å². The van der Waals surface area contributed by atoms with Gasteiger partial charge in [-0.25, -0.2) is 0 Å². The fourth-order valence-corrected chi connectivity index (χ4v) is 2.28. The molecule has 1 fully saturated rings. The molecular weight excluding hydrogens is 222 g/mol. The summed E-state index contributed by atoms with van der Waals surface area (Å²) in [6.45, 7) is 0.606. The third-order valence-electron chi connectivity index (χ3n) is 3.19. The molecular formula is C13H18ClNO. The van der Waals surface area contributed by atoms with Gasteiger partial charge < -0.3 is 10.5 Å². The SMILES string of the molecule is NC1(COc2ccc(Cl)cc2)CCCCC1. The zero-order valence-electron chi connectivity index (χ0n) is 9.42. The smallest absolute Gasteiger partial charge is 0.119 e. The first-order chi connectivity index (χ1) is 7.68. The molecule has 0 atom stereocenters. The Morgan fingerprint density at radius 2 is 1.75 bits per heavy atom. The van der Waals surface area contributed by atoms with Crippen LogP contribution in [-0.2, 0) is 0 Å². The van der Waals surface area contributed by atoms with Gasteiger partial charge >= 0.3 is 0 Å². The molecule has 16 heavy (non-hydrogen) atoms. The van der Waals surface area contributed by atoms with Crippen LogP contribution < -0.4 is 10.5 Å². The van der Waals surface area contributed by atoms with E-state index in [1.807, 2.05) is 24.3 Å². The summed E-state index contributed by atoms with van der Waals surface area (Å²) in [7, 11) is 0. The third kappa shape index (κ3) is 3.13.